The van der Waals surface area contributed by atoms with Crippen LogP contribution in [0, 0.1) is 0 Å². The zero-order valence-electron chi connectivity index (χ0n) is 16.6. The van der Waals surface area contributed by atoms with E-state index in [-0.39, 0.29) is 6.09 Å². The van der Waals surface area contributed by atoms with Gasteiger partial charge in [0.15, 0.2) is 5.82 Å². The minimum atomic E-state index is -0.490. The molecule has 3 rings (SSSR count). The van der Waals surface area contributed by atoms with E-state index < -0.39 is 5.60 Å². The Bertz CT molecular complexity index is 641. The molecule has 1 saturated heterocycles. The standard InChI is InChI=1S/C19H30N4O4/c1-19(2,3)27-18(24)23-5-4-16-15(13-23)12-20-17(21-16)14-26-11-8-22-6-9-25-10-7-22/h12H,4-11,13-14H2,1-3H3. The molecule has 0 bridgehead atoms. The Morgan fingerprint density at radius 1 is 1.26 bits per heavy atom. The fraction of sp³-hybridized carbons (Fsp3) is 0.737. The van der Waals surface area contributed by atoms with E-state index in [0.717, 1.165) is 44.1 Å². The first kappa shape index (κ1) is 20.0. The largest absolute Gasteiger partial charge is 0.444 e. The number of carbonyl (C=O) groups excluding carboxylic acids is 1. The smallest absolute Gasteiger partial charge is 0.410 e. The number of fused-ring (bicyclic) bond motifs is 1. The minimum Gasteiger partial charge on any atom is -0.444 e. The van der Waals surface area contributed by atoms with Crippen molar-refractivity contribution in [2.24, 2.45) is 0 Å². The molecular weight excluding hydrogens is 348 g/mol. The normalized spacial score (nSPS) is 18.3. The average molecular weight is 378 g/mol. The average Bonchev–Trinajstić information content (AvgIpc) is 2.64. The van der Waals surface area contributed by atoms with Crippen molar-refractivity contribution in [2.45, 2.75) is 45.9 Å². The van der Waals surface area contributed by atoms with E-state index >= 15 is 0 Å². The lowest BCUT2D eigenvalue weighted by atomic mass is 10.1. The van der Waals surface area contributed by atoms with Crippen molar-refractivity contribution in [1.82, 2.24) is 19.8 Å². The van der Waals surface area contributed by atoms with Gasteiger partial charge in [-0.1, -0.05) is 0 Å². The second-order valence-corrected chi connectivity index (χ2v) is 7.92. The lowest BCUT2D eigenvalue weighted by molar-refractivity contribution is 0.0170. The van der Waals surface area contributed by atoms with Gasteiger partial charge >= 0.3 is 6.09 Å². The van der Waals surface area contributed by atoms with E-state index in [1.54, 1.807) is 11.1 Å². The molecule has 0 atom stereocenters. The summed E-state index contributed by atoms with van der Waals surface area (Å²) < 4.78 is 16.5. The summed E-state index contributed by atoms with van der Waals surface area (Å²) in [4.78, 5) is 25.3. The maximum atomic E-state index is 12.2. The highest BCUT2D eigenvalue weighted by Crippen LogP contribution is 2.19. The molecule has 3 heterocycles. The zero-order valence-corrected chi connectivity index (χ0v) is 16.6. The minimum absolute atomic E-state index is 0.288. The lowest BCUT2D eigenvalue weighted by Gasteiger charge is -2.30. The van der Waals surface area contributed by atoms with Crippen molar-refractivity contribution in [3.8, 4) is 0 Å². The maximum Gasteiger partial charge on any atom is 0.410 e. The fourth-order valence-electron chi connectivity index (χ4n) is 3.09. The quantitative estimate of drug-likeness (QED) is 0.721. The monoisotopic (exact) mass is 378 g/mol. The molecule has 150 valence electrons. The van der Waals surface area contributed by atoms with Gasteiger partial charge in [0.25, 0.3) is 0 Å². The summed E-state index contributed by atoms with van der Waals surface area (Å²) in [6.07, 6.45) is 2.22. The topological polar surface area (TPSA) is 77.0 Å². The number of nitrogens with zero attached hydrogens (tertiary/aromatic N) is 4. The summed E-state index contributed by atoms with van der Waals surface area (Å²) in [5.41, 5.74) is 1.48. The number of morpholine rings is 1. The van der Waals surface area contributed by atoms with Gasteiger partial charge in [-0.25, -0.2) is 14.8 Å². The van der Waals surface area contributed by atoms with Gasteiger partial charge in [0.1, 0.15) is 12.2 Å². The number of amides is 1. The second kappa shape index (κ2) is 8.95. The second-order valence-electron chi connectivity index (χ2n) is 7.92. The highest BCUT2D eigenvalue weighted by Gasteiger charge is 2.26. The molecule has 27 heavy (non-hydrogen) atoms. The Labute approximate surface area is 160 Å². The van der Waals surface area contributed by atoms with Gasteiger partial charge in [-0.15, -0.1) is 0 Å². The molecule has 0 radical (unpaired) electrons. The Morgan fingerprint density at radius 3 is 2.78 bits per heavy atom. The molecule has 0 saturated carbocycles. The van der Waals surface area contributed by atoms with Gasteiger partial charge in [-0.05, 0) is 20.8 Å². The van der Waals surface area contributed by atoms with Crippen LogP contribution < -0.4 is 0 Å². The van der Waals surface area contributed by atoms with Gasteiger partial charge in [-0.3, -0.25) is 4.90 Å². The molecule has 0 aromatic carbocycles. The van der Waals surface area contributed by atoms with Gasteiger partial charge < -0.3 is 19.1 Å². The van der Waals surface area contributed by atoms with Crippen molar-refractivity contribution < 1.29 is 19.0 Å². The van der Waals surface area contributed by atoms with Crippen LogP contribution in [0.5, 0.6) is 0 Å². The number of hydrogen-bond acceptors (Lipinski definition) is 7. The molecule has 8 nitrogen and oxygen atoms in total. The first-order valence-corrected chi connectivity index (χ1v) is 9.60. The molecule has 1 fully saturated rings. The van der Waals surface area contributed by atoms with Crippen LogP contribution in [0.3, 0.4) is 0 Å². The molecule has 0 unspecified atom stereocenters. The van der Waals surface area contributed by atoms with Crippen molar-refractivity contribution in [1.29, 1.82) is 0 Å². The predicted molar refractivity (Wildman–Crippen MR) is 99.3 cm³/mol. The fourth-order valence-corrected chi connectivity index (χ4v) is 3.09. The van der Waals surface area contributed by atoms with Gasteiger partial charge in [0, 0.05) is 44.4 Å². The molecule has 2 aliphatic rings. The molecule has 8 heteroatoms. The number of aromatic nitrogens is 2. The lowest BCUT2D eigenvalue weighted by Crippen LogP contribution is -2.40. The number of hydrogen-bond donors (Lipinski definition) is 0. The highest BCUT2D eigenvalue weighted by molar-refractivity contribution is 5.68. The Kier molecular flexibility index (Phi) is 6.62. The summed E-state index contributed by atoms with van der Waals surface area (Å²) in [6, 6.07) is 0. The van der Waals surface area contributed by atoms with Crippen LogP contribution >= 0.6 is 0 Å². The third-order valence-corrected chi connectivity index (χ3v) is 4.52. The van der Waals surface area contributed by atoms with Gasteiger partial charge in [-0.2, -0.15) is 0 Å². The molecule has 1 aromatic rings. The van der Waals surface area contributed by atoms with E-state index in [1.807, 2.05) is 20.8 Å². The van der Waals surface area contributed by atoms with E-state index in [2.05, 4.69) is 14.9 Å². The first-order valence-electron chi connectivity index (χ1n) is 9.60. The number of carbonyl (C=O) groups is 1. The third kappa shape index (κ3) is 6.12. The molecule has 0 spiro atoms. The molecule has 0 N–H and O–H groups in total. The first-order chi connectivity index (χ1) is 12.9. The maximum absolute atomic E-state index is 12.2. The van der Waals surface area contributed by atoms with Crippen molar-refractivity contribution in [3.05, 3.63) is 23.3 Å². The Hall–Kier alpha value is -1.77. The van der Waals surface area contributed by atoms with E-state index in [0.29, 0.717) is 38.5 Å². The van der Waals surface area contributed by atoms with Crippen LogP contribution in [0.4, 0.5) is 4.79 Å². The van der Waals surface area contributed by atoms with Gasteiger partial charge in [0.2, 0.25) is 0 Å². The van der Waals surface area contributed by atoms with Crippen molar-refractivity contribution >= 4 is 6.09 Å². The van der Waals surface area contributed by atoms with Crippen molar-refractivity contribution in [2.75, 3.05) is 46.0 Å². The van der Waals surface area contributed by atoms with Crippen LogP contribution in [0.2, 0.25) is 0 Å². The number of ether oxygens (including phenoxy) is 3. The van der Waals surface area contributed by atoms with Crippen LogP contribution in [0.15, 0.2) is 6.20 Å². The van der Waals surface area contributed by atoms with E-state index in [4.69, 9.17) is 14.2 Å². The molecule has 1 amide bonds. The van der Waals surface area contributed by atoms with Crippen LogP contribution in [0.25, 0.3) is 0 Å². The van der Waals surface area contributed by atoms with Crippen LogP contribution in [-0.2, 0) is 33.8 Å². The summed E-state index contributed by atoms with van der Waals surface area (Å²) in [5, 5.41) is 0. The Morgan fingerprint density at radius 2 is 2.04 bits per heavy atom. The predicted octanol–water partition coefficient (Wildman–Crippen LogP) is 1.62. The molecule has 0 aliphatic carbocycles. The number of rotatable bonds is 5. The molecule has 1 aromatic heterocycles. The van der Waals surface area contributed by atoms with E-state index in [1.165, 1.54) is 0 Å². The summed E-state index contributed by atoms with van der Waals surface area (Å²) in [5.74, 6) is 0.696. The highest BCUT2D eigenvalue weighted by atomic mass is 16.6. The van der Waals surface area contributed by atoms with Crippen LogP contribution in [0.1, 0.15) is 37.9 Å². The van der Waals surface area contributed by atoms with E-state index in [9.17, 15) is 4.79 Å². The third-order valence-electron chi connectivity index (χ3n) is 4.52. The summed E-state index contributed by atoms with van der Waals surface area (Å²) >= 11 is 0. The summed E-state index contributed by atoms with van der Waals surface area (Å²) in [7, 11) is 0. The SMILES string of the molecule is CC(C)(C)OC(=O)N1CCc2nc(COCCN3CCOCC3)ncc2C1. The van der Waals surface area contributed by atoms with Crippen molar-refractivity contribution in [3.63, 3.8) is 0 Å². The Balaban J connectivity index is 1.46. The zero-order chi connectivity index (χ0) is 19.3. The van der Waals surface area contributed by atoms with Gasteiger partial charge in [0.05, 0.1) is 32.1 Å². The van der Waals surface area contributed by atoms with Crippen LogP contribution in [-0.4, -0.2) is 77.5 Å². The summed E-state index contributed by atoms with van der Waals surface area (Å²) in [6.45, 7) is 12.2. The molecule has 2 aliphatic heterocycles. The molecular formula is C19H30N4O4.